The average Bonchev–Trinajstić information content (AvgIpc) is 3.77. The summed E-state index contributed by atoms with van der Waals surface area (Å²) in [6, 6.07) is 15.2. The molecule has 1 spiro atoms. The van der Waals surface area contributed by atoms with E-state index in [0.717, 1.165) is 34.9 Å². The van der Waals surface area contributed by atoms with E-state index in [2.05, 4.69) is 4.98 Å². The maximum absolute atomic E-state index is 13.3. The third-order valence-corrected chi connectivity index (χ3v) is 9.35. The molecule has 2 N–H and O–H groups in total. The van der Waals surface area contributed by atoms with Crippen LogP contribution in [0.2, 0.25) is 0 Å². The molecular formula is C28H34N4O4S. The molecule has 2 aromatic carbocycles. The fourth-order valence-corrected chi connectivity index (χ4v) is 6.63. The summed E-state index contributed by atoms with van der Waals surface area (Å²) in [5.41, 5.74) is 8.72. The number of hydrogen-bond donors (Lipinski definition) is 1. The highest BCUT2D eigenvalue weighted by Crippen LogP contribution is 2.37. The number of carbonyl (C=O) groups excluding carboxylic acids is 1. The first kappa shape index (κ1) is 25.6. The summed E-state index contributed by atoms with van der Waals surface area (Å²) in [4.78, 5) is 18.8. The van der Waals surface area contributed by atoms with Crippen molar-refractivity contribution in [1.29, 1.82) is 0 Å². The Morgan fingerprint density at radius 2 is 1.68 bits per heavy atom. The number of morpholine rings is 1. The van der Waals surface area contributed by atoms with Crippen LogP contribution < -0.4 is 5.73 Å². The van der Waals surface area contributed by atoms with Crippen LogP contribution in [0.3, 0.4) is 0 Å². The van der Waals surface area contributed by atoms with Crippen LogP contribution in [0, 0.1) is 0 Å². The molecule has 6 rings (SSSR count). The summed E-state index contributed by atoms with van der Waals surface area (Å²) in [7, 11) is -3.61. The number of nitrogens with two attached hydrogens (primary N) is 1. The average molecular weight is 523 g/mol. The largest absolute Gasteiger partial charge is 0.397 e. The molecule has 0 bridgehead atoms. The van der Waals surface area contributed by atoms with E-state index in [-0.39, 0.29) is 17.4 Å². The summed E-state index contributed by atoms with van der Waals surface area (Å²) in [6.07, 6.45) is 4.93. The lowest BCUT2D eigenvalue weighted by molar-refractivity contribution is -0.170. The van der Waals surface area contributed by atoms with Gasteiger partial charge in [0.1, 0.15) is 6.61 Å². The number of piperidine rings is 1. The van der Waals surface area contributed by atoms with Gasteiger partial charge < -0.3 is 15.4 Å². The van der Waals surface area contributed by atoms with Crippen LogP contribution in [-0.4, -0.2) is 66.4 Å². The molecule has 3 aliphatic rings. The zero-order chi connectivity index (χ0) is 26.2. The van der Waals surface area contributed by atoms with Crippen LogP contribution in [0.25, 0.3) is 22.0 Å². The van der Waals surface area contributed by atoms with Crippen molar-refractivity contribution < 1.29 is 17.9 Å². The molecule has 37 heavy (non-hydrogen) atoms. The number of hydrogen-bond acceptors (Lipinski definition) is 6. The molecular weight excluding hydrogens is 488 g/mol. The third kappa shape index (κ3) is 5.08. The monoisotopic (exact) mass is 522 g/mol. The molecule has 2 aliphatic heterocycles. The predicted molar refractivity (Wildman–Crippen MR) is 144 cm³/mol. The van der Waals surface area contributed by atoms with Gasteiger partial charge in [-0.15, -0.1) is 0 Å². The highest BCUT2D eigenvalue weighted by atomic mass is 32.2. The number of anilines is 1. The van der Waals surface area contributed by atoms with Crippen LogP contribution in [0.4, 0.5) is 5.69 Å². The smallest absolute Gasteiger partial charge is 0.248 e. The topological polar surface area (TPSA) is 106 Å². The number of aromatic nitrogens is 1. The van der Waals surface area contributed by atoms with E-state index >= 15 is 0 Å². The number of fused-ring (bicyclic) bond motifs is 1. The highest BCUT2D eigenvalue weighted by Gasteiger charge is 2.47. The molecule has 1 aromatic heterocycles. The van der Waals surface area contributed by atoms with Gasteiger partial charge in [-0.05, 0) is 61.1 Å². The number of pyridine rings is 1. The van der Waals surface area contributed by atoms with Crippen molar-refractivity contribution in [2.24, 2.45) is 0 Å². The van der Waals surface area contributed by atoms with E-state index in [1.165, 1.54) is 0 Å². The Labute approximate surface area is 218 Å². The van der Waals surface area contributed by atoms with Crippen LogP contribution in [0.5, 0.6) is 0 Å². The van der Waals surface area contributed by atoms with Crippen LogP contribution in [0.1, 0.15) is 39.5 Å². The predicted octanol–water partition coefficient (Wildman–Crippen LogP) is 4.05. The summed E-state index contributed by atoms with van der Waals surface area (Å²) in [5, 5.41) is 0.961. The minimum absolute atomic E-state index is 0.0552. The maximum atomic E-state index is 13.3. The Morgan fingerprint density at radius 1 is 1.00 bits per heavy atom. The second-order valence-corrected chi connectivity index (χ2v) is 11.8. The number of sulfonamides is 1. The minimum atomic E-state index is -3.61. The standard InChI is InChI=1S/C26H28N4O4S.C2H6/c27-21-13-20-2-1-19(14-24(20)28-15-21)18-3-7-23(8-4-18)35(32,33)29-11-9-26(10-12-29)17-30(22-5-6-22)25(31)16-34-26;1-2/h1-4,7-8,13-15,22H,5-6,9-12,16-17,27H2;1-2H3. The first-order valence-electron chi connectivity index (χ1n) is 13.0. The summed E-state index contributed by atoms with van der Waals surface area (Å²) >= 11 is 0. The van der Waals surface area contributed by atoms with E-state index in [1.807, 2.05) is 55.1 Å². The highest BCUT2D eigenvalue weighted by molar-refractivity contribution is 7.89. The zero-order valence-electron chi connectivity index (χ0n) is 21.4. The zero-order valence-corrected chi connectivity index (χ0v) is 22.2. The Hall–Kier alpha value is -3.01. The van der Waals surface area contributed by atoms with Gasteiger partial charge in [0.05, 0.1) is 34.4 Å². The number of ether oxygens (including phenoxy) is 1. The summed E-state index contributed by atoms with van der Waals surface area (Å²) in [6.45, 7) is 5.45. The van der Waals surface area contributed by atoms with Crippen molar-refractivity contribution in [3.63, 3.8) is 0 Å². The van der Waals surface area contributed by atoms with Crippen molar-refractivity contribution >= 4 is 32.5 Å². The number of amides is 1. The summed E-state index contributed by atoms with van der Waals surface area (Å²) in [5.74, 6) is 0.0552. The van der Waals surface area contributed by atoms with Gasteiger partial charge in [0.2, 0.25) is 15.9 Å². The van der Waals surface area contributed by atoms with Gasteiger partial charge in [0, 0.05) is 24.5 Å². The van der Waals surface area contributed by atoms with Crippen molar-refractivity contribution in [2.45, 2.75) is 56.1 Å². The first-order valence-corrected chi connectivity index (χ1v) is 14.5. The van der Waals surface area contributed by atoms with Crippen molar-refractivity contribution in [3.8, 4) is 11.1 Å². The first-order chi connectivity index (χ1) is 17.8. The maximum Gasteiger partial charge on any atom is 0.248 e. The summed E-state index contributed by atoms with van der Waals surface area (Å²) < 4.78 is 34.2. The van der Waals surface area contributed by atoms with Gasteiger partial charge in [-0.2, -0.15) is 4.31 Å². The van der Waals surface area contributed by atoms with Crippen molar-refractivity contribution in [1.82, 2.24) is 14.2 Å². The Bertz CT molecular complexity index is 1400. The molecule has 196 valence electrons. The fraction of sp³-hybridized carbons (Fsp3) is 0.429. The normalized spacial score (nSPS) is 20.1. The lowest BCUT2D eigenvalue weighted by atomic mass is 9.90. The minimum Gasteiger partial charge on any atom is -0.397 e. The lowest BCUT2D eigenvalue weighted by Crippen LogP contribution is -2.59. The number of rotatable bonds is 4. The molecule has 3 fully saturated rings. The van der Waals surface area contributed by atoms with E-state index in [1.54, 1.807) is 22.6 Å². The van der Waals surface area contributed by atoms with Crippen LogP contribution >= 0.6 is 0 Å². The molecule has 1 amide bonds. The Balaban J connectivity index is 0.00000137. The van der Waals surface area contributed by atoms with Crippen LogP contribution in [0.15, 0.2) is 59.6 Å². The molecule has 1 aliphatic carbocycles. The number of benzene rings is 2. The van der Waals surface area contributed by atoms with Crippen molar-refractivity contribution in [3.05, 3.63) is 54.7 Å². The molecule has 2 saturated heterocycles. The lowest BCUT2D eigenvalue weighted by Gasteiger charge is -2.46. The second-order valence-electron chi connectivity index (χ2n) is 9.83. The van der Waals surface area contributed by atoms with Gasteiger partial charge in [0.25, 0.3) is 0 Å². The van der Waals surface area contributed by atoms with Gasteiger partial charge >= 0.3 is 0 Å². The third-order valence-electron chi connectivity index (χ3n) is 7.43. The van der Waals surface area contributed by atoms with Gasteiger partial charge in [0.15, 0.2) is 0 Å². The van der Waals surface area contributed by atoms with E-state index in [4.69, 9.17) is 10.5 Å². The molecule has 0 radical (unpaired) electrons. The number of nitrogens with zero attached hydrogens (tertiary/aromatic N) is 3. The molecule has 0 atom stereocenters. The van der Waals surface area contributed by atoms with Gasteiger partial charge in [-0.3, -0.25) is 9.78 Å². The molecule has 1 saturated carbocycles. The van der Waals surface area contributed by atoms with Crippen molar-refractivity contribution in [2.75, 3.05) is 32.0 Å². The molecule has 9 heteroatoms. The fourth-order valence-electron chi connectivity index (χ4n) is 5.18. The molecule has 3 heterocycles. The number of nitrogen functional groups attached to an aromatic ring is 1. The van der Waals surface area contributed by atoms with Crippen LogP contribution in [-0.2, 0) is 19.6 Å². The van der Waals surface area contributed by atoms with E-state index in [0.29, 0.717) is 44.2 Å². The molecule has 8 nitrogen and oxygen atoms in total. The Kier molecular flexibility index (Phi) is 6.95. The Morgan fingerprint density at radius 3 is 2.35 bits per heavy atom. The molecule has 3 aromatic rings. The quantitative estimate of drug-likeness (QED) is 0.554. The molecule has 0 unspecified atom stereocenters. The van der Waals surface area contributed by atoms with Gasteiger partial charge in [-0.1, -0.05) is 38.1 Å². The second kappa shape index (κ2) is 10.0. The van der Waals surface area contributed by atoms with E-state index in [9.17, 15) is 13.2 Å². The van der Waals surface area contributed by atoms with E-state index < -0.39 is 15.6 Å². The van der Waals surface area contributed by atoms with Gasteiger partial charge in [-0.25, -0.2) is 8.42 Å². The number of carbonyl (C=O) groups is 1. The SMILES string of the molecule is CC.Nc1cnc2cc(-c3ccc(S(=O)(=O)N4CCC5(CC4)CN(C4CC4)C(=O)CO5)cc3)ccc2c1.